The lowest BCUT2D eigenvalue weighted by Crippen LogP contribution is -2.40. The first-order valence-electron chi connectivity index (χ1n) is 10.4. The molecule has 1 fully saturated rings. The molecule has 1 aliphatic rings. The van der Waals surface area contributed by atoms with E-state index < -0.39 is 43.5 Å². The molecule has 1 saturated carbocycles. The first kappa shape index (κ1) is 25.1. The maximum atomic E-state index is 13.2. The van der Waals surface area contributed by atoms with Crippen molar-refractivity contribution in [1.29, 1.82) is 0 Å². The summed E-state index contributed by atoms with van der Waals surface area (Å²) in [5, 5.41) is -1.00. The number of rotatable bonds is 7. The van der Waals surface area contributed by atoms with Crippen LogP contribution in [0, 0.1) is 11.7 Å². The van der Waals surface area contributed by atoms with Gasteiger partial charge in [-0.05, 0) is 48.7 Å². The zero-order chi connectivity index (χ0) is 25.4. The fourth-order valence-electron chi connectivity index (χ4n) is 3.71. The van der Waals surface area contributed by atoms with Crippen molar-refractivity contribution in [2.24, 2.45) is 5.92 Å². The van der Waals surface area contributed by atoms with Gasteiger partial charge in [0.1, 0.15) is 17.3 Å². The number of pyridine rings is 1. The average Bonchev–Trinajstić information content (AvgIpc) is 2.76. The maximum absolute atomic E-state index is 13.2. The Morgan fingerprint density at radius 2 is 1.83 bits per heavy atom. The number of ether oxygens (including phenoxy) is 1. The van der Waals surface area contributed by atoms with Gasteiger partial charge in [0, 0.05) is 30.7 Å². The molecule has 3 aromatic rings. The van der Waals surface area contributed by atoms with Crippen LogP contribution in [0.4, 0.5) is 17.6 Å². The fraction of sp³-hybridized carbons (Fsp3) is 0.250. The van der Waals surface area contributed by atoms with Crippen LogP contribution in [0.2, 0.25) is 5.02 Å². The first-order valence-corrected chi connectivity index (χ1v) is 12.4. The third-order valence-electron chi connectivity index (χ3n) is 5.77. The Balaban J connectivity index is 1.34. The molecular formula is C24H18ClF4NO4S. The summed E-state index contributed by atoms with van der Waals surface area (Å²) in [5.41, 5.74) is -0.448. The molecule has 0 amide bonds. The predicted molar refractivity (Wildman–Crippen MR) is 120 cm³/mol. The Kier molecular flexibility index (Phi) is 6.88. The van der Waals surface area contributed by atoms with Crippen LogP contribution < -0.4 is 4.74 Å². The van der Waals surface area contributed by atoms with E-state index >= 15 is 0 Å². The number of alkyl halides is 3. The van der Waals surface area contributed by atoms with E-state index in [9.17, 15) is 30.8 Å². The van der Waals surface area contributed by atoms with Crippen molar-refractivity contribution in [2.45, 2.75) is 35.6 Å². The van der Waals surface area contributed by atoms with Gasteiger partial charge in [-0.15, -0.1) is 0 Å². The number of halogens is 5. The fourth-order valence-corrected chi connectivity index (χ4v) is 5.79. The summed E-state index contributed by atoms with van der Waals surface area (Å²) in [4.78, 5) is 16.3. The predicted octanol–water partition coefficient (Wildman–Crippen LogP) is 6.05. The van der Waals surface area contributed by atoms with E-state index in [1.165, 1.54) is 24.4 Å². The molecule has 0 N–H and O–H groups in total. The van der Waals surface area contributed by atoms with Crippen molar-refractivity contribution in [3.63, 3.8) is 0 Å². The number of sulfone groups is 1. The molecule has 11 heteroatoms. The highest BCUT2D eigenvalue weighted by molar-refractivity contribution is 7.92. The van der Waals surface area contributed by atoms with Gasteiger partial charge in [-0.25, -0.2) is 17.8 Å². The molecule has 1 aliphatic carbocycles. The van der Waals surface area contributed by atoms with Gasteiger partial charge in [0.25, 0.3) is 0 Å². The summed E-state index contributed by atoms with van der Waals surface area (Å²) in [6, 6.07) is 10.6. The van der Waals surface area contributed by atoms with Gasteiger partial charge < -0.3 is 4.74 Å². The Bertz CT molecular complexity index is 1350. The van der Waals surface area contributed by atoms with Crippen molar-refractivity contribution in [3.05, 3.63) is 82.8 Å². The summed E-state index contributed by atoms with van der Waals surface area (Å²) in [7, 11) is -3.98. The molecule has 184 valence electrons. The second kappa shape index (κ2) is 9.58. The smallest absolute Gasteiger partial charge is 0.416 e. The van der Waals surface area contributed by atoms with E-state index in [0.717, 1.165) is 24.3 Å². The Morgan fingerprint density at radius 1 is 1.09 bits per heavy atom. The number of carbonyl (C=O) groups is 1. The lowest BCUT2D eigenvalue weighted by atomic mass is 9.80. The minimum absolute atomic E-state index is 0.0245. The second-order valence-corrected chi connectivity index (χ2v) is 10.8. The quantitative estimate of drug-likeness (QED) is 0.350. The van der Waals surface area contributed by atoms with E-state index in [-0.39, 0.29) is 41.7 Å². The zero-order valence-electron chi connectivity index (χ0n) is 17.9. The number of Topliss-reactive ketones (excluding diaryl/α,β-unsaturated/α-hetero) is 1. The van der Waals surface area contributed by atoms with E-state index in [2.05, 4.69) is 4.98 Å². The molecule has 0 saturated heterocycles. The molecule has 0 spiro atoms. The maximum Gasteiger partial charge on any atom is 0.416 e. The molecule has 0 unspecified atom stereocenters. The van der Waals surface area contributed by atoms with Crippen molar-refractivity contribution >= 4 is 27.2 Å². The summed E-state index contributed by atoms with van der Waals surface area (Å²) < 4.78 is 82.9. The summed E-state index contributed by atoms with van der Waals surface area (Å²) >= 11 is 5.71. The van der Waals surface area contributed by atoms with Crippen LogP contribution in [0.25, 0.3) is 0 Å². The van der Waals surface area contributed by atoms with E-state index in [0.29, 0.717) is 11.6 Å². The van der Waals surface area contributed by atoms with Crippen LogP contribution in [0.5, 0.6) is 11.6 Å². The van der Waals surface area contributed by atoms with Crippen LogP contribution in [0.15, 0.2) is 65.7 Å². The Morgan fingerprint density at radius 3 is 2.46 bits per heavy atom. The van der Waals surface area contributed by atoms with Crippen LogP contribution in [-0.2, 0) is 27.2 Å². The van der Waals surface area contributed by atoms with Gasteiger partial charge in [0.15, 0.2) is 9.84 Å². The third kappa shape index (κ3) is 5.65. The average molecular weight is 528 g/mol. The molecule has 0 radical (unpaired) electrons. The lowest BCUT2D eigenvalue weighted by Gasteiger charge is -2.33. The van der Waals surface area contributed by atoms with Crippen LogP contribution in [-0.4, -0.2) is 24.4 Å². The minimum Gasteiger partial charge on any atom is -0.439 e. The van der Waals surface area contributed by atoms with Gasteiger partial charge in [0.2, 0.25) is 5.88 Å². The molecule has 2 aromatic carbocycles. The highest BCUT2D eigenvalue weighted by Crippen LogP contribution is 2.39. The zero-order valence-corrected chi connectivity index (χ0v) is 19.5. The number of hydrogen-bond donors (Lipinski definition) is 0. The molecule has 35 heavy (non-hydrogen) atoms. The molecule has 0 aliphatic heterocycles. The van der Waals surface area contributed by atoms with Crippen molar-refractivity contribution in [2.75, 3.05) is 0 Å². The molecule has 0 bridgehead atoms. The van der Waals surface area contributed by atoms with Crippen molar-refractivity contribution < 1.29 is 35.5 Å². The monoisotopic (exact) mass is 527 g/mol. The van der Waals surface area contributed by atoms with Crippen molar-refractivity contribution in [1.82, 2.24) is 4.98 Å². The molecule has 1 aromatic heterocycles. The highest BCUT2D eigenvalue weighted by atomic mass is 35.5. The molecule has 5 nitrogen and oxygen atoms in total. The summed E-state index contributed by atoms with van der Waals surface area (Å²) in [5.74, 6) is -0.768. The third-order valence-corrected chi connectivity index (χ3v) is 8.23. The number of benzene rings is 2. The SMILES string of the molecule is O=C(Cc1ccc(Oc2ccc(F)c(Cl)c2)nc1)C1CC(S(=O)(=O)c2cccc(C(F)(F)F)c2)C1. The van der Waals surface area contributed by atoms with Crippen LogP contribution in [0.3, 0.4) is 0 Å². The lowest BCUT2D eigenvalue weighted by molar-refractivity contribution is -0.137. The Labute approximate surface area is 203 Å². The minimum atomic E-state index is -4.65. The van der Waals surface area contributed by atoms with E-state index in [1.807, 2.05) is 0 Å². The number of aromatic nitrogens is 1. The van der Waals surface area contributed by atoms with Gasteiger partial charge in [-0.2, -0.15) is 13.2 Å². The van der Waals surface area contributed by atoms with Gasteiger partial charge in [0.05, 0.1) is 20.7 Å². The molecule has 0 atom stereocenters. The number of nitrogens with zero attached hydrogens (tertiary/aromatic N) is 1. The Hall–Kier alpha value is -2.98. The van der Waals surface area contributed by atoms with Crippen LogP contribution in [0.1, 0.15) is 24.0 Å². The summed E-state index contributed by atoms with van der Waals surface area (Å²) in [6.45, 7) is 0. The molecule has 1 heterocycles. The van der Waals surface area contributed by atoms with Gasteiger partial charge >= 0.3 is 6.18 Å². The normalized spacial score (nSPS) is 18.1. The largest absolute Gasteiger partial charge is 0.439 e. The topological polar surface area (TPSA) is 73.3 Å². The number of ketones is 1. The standard InChI is InChI=1S/C24H18ClF4NO4S/c25-20-12-17(5-6-21(20)26)34-23-7-4-14(13-30-23)8-22(31)15-9-19(10-15)35(32,33)18-3-1-2-16(11-18)24(27,28)29/h1-7,11-13,15,19H,8-10H2. The van der Waals surface area contributed by atoms with E-state index in [4.69, 9.17) is 16.3 Å². The van der Waals surface area contributed by atoms with Crippen LogP contribution >= 0.6 is 11.6 Å². The summed E-state index contributed by atoms with van der Waals surface area (Å²) in [6.07, 6.45) is -3.08. The highest BCUT2D eigenvalue weighted by Gasteiger charge is 2.43. The van der Waals surface area contributed by atoms with Gasteiger partial charge in [-0.3, -0.25) is 4.79 Å². The number of carbonyl (C=O) groups excluding carboxylic acids is 1. The van der Waals surface area contributed by atoms with E-state index in [1.54, 1.807) is 6.07 Å². The number of hydrogen-bond acceptors (Lipinski definition) is 5. The second-order valence-electron chi connectivity index (χ2n) is 8.19. The molecular weight excluding hydrogens is 510 g/mol. The van der Waals surface area contributed by atoms with Crippen molar-refractivity contribution in [3.8, 4) is 11.6 Å². The first-order chi connectivity index (χ1) is 16.4. The van der Waals surface area contributed by atoms with Gasteiger partial charge in [-0.1, -0.05) is 23.7 Å². The molecule has 4 rings (SSSR count).